The van der Waals surface area contributed by atoms with Gasteiger partial charge in [-0.3, -0.25) is 4.90 Å². The first-order valence-electron chi connectivity index (χ1n) is 7.31. The standard InChI is InChI=1S/C16H23BrN2/c1-12-9-19(10-13-4-3-5-15(17)8-13)16(2,11-18-12)14-6-7-14/h3-5,8,12,14,18H,6-7,9-11H2,1-2H3. The fourth-order valence-corrected chi connectivity index (χ4v) is 3.75. The molecule has 2 unspecified atom stereocenters. The summed E-state index contributed by atoms with van der Waals surface area (Å²) in [7, 11) is 0. The molecule has 1 aromatic carbocycles. The van der Waals surface area contributed by atoms with Gasteiger partial charge in [0.15, 0.2) is 0 Å². The van der Waals surface area contributed by atoms with E-state index in [1.807, 2.05) is 0 Å². The van der Waals surface area contributed by atoms with Gasteiger partial charge in [0, 0.05) is 35.7 Å². The molecule has 2 atom stereocenters. The van der Waals surface area contributed by atoms with E-state index in [-0.39, 0.29) is 0 Å². The van der Waals surface area contributed by atoms with Gasteiger partial charge in [0.1, 0.15) is 0 Å². The van der Waals surface area contributed by atoms with Crippen LogP contribution in [0.5, 0.6) is 0 Å². The molecule has 0 aromatic heterocycles. The zero-order valence-electron chi connectivity index (χ0n) is 11.8. The Bertz CT molecular complexity index is 458. The van der Waals surface area contributed by atoms with Crippen molar-refractivity contribution in [2.75, 3.05) is 13.1 Å². The second-order valence-corrected chi connectivity index (χ2v) is 7.34. The van der Waals surface area contributed by atoms with Gasteiger partial charge >= 0.3 is 0 Å². The van der Waals surface area contributed by atoms with Crippen molar-refractivity contribution < 1.29 is 0 Å². The van der Waals surface area contributed by atoms with Crippen molar-refractivity contribution in [3.05, 3.63) is 34.3 Å². The molecule has 3 rings (SSSR count). The molecule has 1 aliphatic carbocycles. The van der Waals surface area contributed by atoms with E-state index in [0.29, 0.717) is 11.6 Å². The molecule has 2 aliphatic rings. The number of rotatable bonds is 3. The second-order valence-electron chi connectivity index (χ2n) is 6.42. The van der Waals surface area contributed by atoms with Gasteiger partial charge in [0.2, 0.25) is 0 Å². The highest BCUT2D eigenvalue weighted by Gasteiger charge is 2.47. The van der Waals surface area contributed by atoms with Crippen LogP contribution in [-0.2, 0) is 6.54 Å². The molecule has 1 heterocycles. The zero-order valence-corrected chi connectivity index (χ0v) is 13.4. The van der Waals surface area contributed by atoms with Crippen LogP contribution in [0.4, 0.5) is 0 Å². The van der Waals surface area contributed by atoms with Crippen molar-refractivity contribution in [3.63, 3.8) is 0 Å². The highest BCUT2D eigenvalue weighted by Crippen LogP contribution is 2.44. The van der Waals surface area contributed by atoms with Gasteiger partial charge < -0.3 is 5.32 Å². The summed E-state index contributed by atoms with van der Waals surface area (Å²) in [5.41, 5.74) is 1.75. The van der Waals surface area contributed by atoms with Crippen molar-refractivity contribution in [1.29, 1.82) is 0 Å². The summed E-state index contributed by atoms with van der Waals surface area (Å²) in [6.45, 7) is 8.09. The van der Waals surface area contributed by atoms with Crippen molar-refractivity contribution >= 4 is 15.9 Å². The van der Waals surface area contributed by atoms with Crippen LogP contribution in [0.2, 0.25) is 0 Å². The van der Waals surface area contributed by atoms with E-state index in [2.05, 4.69) is 64.3 Å². The molecule has 1 aromatic rings. The number of nitrogens with zero attached hydrogens (tertiary/aromatic N) is 1. The van der Waals surface area contributed by atoms with E-state index in [4.69, 9.17) is 0 Å². The van der Waals surface area contributed by atoms with E-state index in [1.54, 1.807) is 0 Å². The van der Waals surface area contributed by atoms with Crippen LogP contribution in [-0.4, -0.2) is 29.6 Å². The minimum Gasteiger partial charge on any atom is -0.311 e. The molecule has 1 N–H and O–H groups in total. The van der Waals surface area contributed by atoms with Gasteiger partial charge in [0.05, 0.1) is 0 Å². The van der Waals surface area contributed by atoms with Crippen molar-refractivity contribution in [3.8, 4) is 0 Å². The third kappa shape index (κ3) is 2.88. The van der Waals surface area contributed by atoms with E-state index in [1.165, 1.54) is 22.9 Å². The molecule has 104 valence electrons. The lowest BCUT2D eigenvalue weighted by Gasteiger charge is -2.48. The topological polar surface area (TPSA) is 15.3 Å². The first-order chi connectivity index (χ1) is 9.08. The Labute approximate surface area is 124 Å². The maximum Gasteiger partial charge on any atom is 0.0338 e. The van der Waals surface area contributed by atoms with Crippen molar-refractivity contribution in [2.45, 2.75) is 44.8 Å². The number of benzene rings is 1. The predicted octanol–water partition coefficient (Wildman–Crippen LogP) is 3.41. The van der Waals surface area contributed by atoms with E-state index in [9.17, 15) is 0 Å². The molecular formula is C16H23BrN2. The van der Waals surface area contributed by atoms with Crippen LogP contribution in [0.3, 0.4) is 0 Å². The van der Waals surface area contributed by atoms with Crippen LogP contribution in [0.15, 0.2) is 28.7 Å². The number of hydrogen-bond donors (Lipinski definition) is 1. The zero-order chi connectivity index (χ0) is 13.5. The van der Waals surface area contributed by atoms with Crippen LogP contribution < -0.4 is 5.32 Å². The Morgan fingerprint density at radius 3 is 2.89 bits per heavy atom. The summed E-state index contributed by atoms with van der Waals surface area (Å²) in [5, 5.41) is 3.67. The molecule has 1 saturated carbocycles. The average Bonchev–Trinajstić information content (AvgIpc) is 3.18. The largest absolute Gasteiger partial charge is 0.311 e. The fourth-order valence-electron chi connectivity index (χ4n) is 3.30. The average molecular weight is 323 g/mol. The first kappa shape index (κ1) is 13.6. The summed E-state index contributed by atoms with van der Waals surface area (Å²) in [6, 6.07) is 9.33. The smallest absolute Gasteiger partial charge is 0.0338 e. The summed E-state index contributed by atoms with van der Waals surface area (Å²) in [5.74, 6) is 0.889. The number of nitrogens with one attached hydrogen (secondary N) is 1. The maximum atomic E-state index is 3.67. The Balaban J connectivity index is 1.79. The van der Waals surface area contributed by atoms with Crippen LogP contribution in [0.1, 0.15) is 32.3 Å². The number of halogens is 1. The van der Waals surface area contributed by atoms with Gasteiger partial charge in [-0.1, -0.05) is 28.1 Å². The quantitative estimate of drug-likeness (QED) is 0.917. The maximum absolute atomic E-state index is 3.67. The SMILES string of the molecule is CC1CN(Cc2cccc(Br)c2)C(C)(C2CC2)CN1. The minimum atomic E-state index is 0.342. The van der Waals surface area contributed by atoms with Gasteiger partial charge in [-0.25, -0.2) is 0 Å². The molecule has 1 aliphatic heterocycles. The first-order valence-corrected chi connectivity index (χ1v) is 8.10. The summed E-state index contributed by atoms with van der Waals surface area (Å²) in [4.78, 5) is 2.70. The molecule has 2 fully saturated rings. The molecule has 0 radical (unpaired) electrons. The molecular weight excluding hydrogens is 300 g/mol. The Kier molecular flexibility index (Phi) is 3.71. The molecule has 1 saturated heterocycles. The third-order valence-corrected chi connectivity index (χ3v) is 5.24. The Hall–Kier alpha value is -0.380. The minimum absolute atomic E-state index is 0.342. The molecule has 19 heavy (non-hydrogen) atoms. The van der Waals surface area contributed by atoms with Gasteiger partial charge in [-0.15, -0.1) is 0 Å². The predicted molar refractivity (Wildman–Crippen MR) is 83.1 cm³/mol. The van der Waals surface area contributed by atoms with Crippen molar-refractivity contribution in [1.82, 2.24) is 10.2 Å². The van der Waals surface area contributed by atoms with Crippen molar-refractivity contribution in [2.24, 2.45) is 5.92 Å². The van der Waals surface area contributed by atoms with Gasteiger partial charge in [-0.05, 0) is 50.3 Å². The van der Waals surface area contributed by atoms with Crippen LogP contribution in [0.25, 0.3) is 0 Å². The molecule has 2 nitrogen and oxygen atoms in total. The molecule has 0 bridgehead atoms. The van der Waals surface area contributed by atoms with Crippen LogP contribution in [0, 0.1) is 5.92 Å². The second kappa shape index (κ2) is 5.19. The third-order valence-electron chi connectivity index (χ3n) is 4.74. The highest BCUT2D eigenvalue weighted by atomic mass is 79.9. The Morgan fingerprint density at radius 2 is 2.21 bits per heavy atom. The van der Waals surface area contributed by atoms with E-state index in [0.717, 1.165) is 25.6 Å². The van der Waals surface area contributed by atoms with E-state index < -0.39 is 0 Å². The van der Waals surface area contributed by atoms with Gasteiger partial charge in [-0.2, -0.15) is 0 Å². The lowest BCUT2D eigenvalue weighted by molar-refractivity contribution is 0.0312. The fraction of sp³-hybridized carbons (Fsp3) is 0.625. The van der Waals surface area contributed by atoms with E-state index >= 15 is 0 Å². The summed E-state index contributed by atoms with van der Waals surface area (Å²) >= 11 is 3.58. The monoisotopic (exact) mass is 322 g/mol. The number of hydrogen-bond acceptors (Lipinski definition) is 2. The normalized spacial score (nSPS) is 32.5. The molecule has 0 amide bonds. The Morgan fingerprint density at radius 1 is 1.42 bits per heavy atom. The summed E-state index contributed by atoms with van der Waals surface area (Å²) in [6.07, 6.45) is 2.81. The lowest BCUT2D eigenvalue weighted by atomic mass is 9.89. The molecule has 3 heteroatoms. The number of piperazine rings is 1. The van der Waals surface area contributed by atoms with Crippen LogP contribution >= 0.6 is 15.9 Å². The molecule has 0 spiro atoms. The summed E-state index contributed by atoms with van der Waals surface area (Å²) < 4.78 is 1.18. The highest BCUT2D eigenvalue weighted by molar-refractivity contribution is 9.10. The lowest BCUT2D eigenvalue weighted by Crippen LogP contribution is -2.63. The van der Waals surface area contributed by atoms with Gasteiger partial charge in [0.25, 0.3) is 0 Å².